The summed E-state index contributed by atoms with van der Waals surface area (Å²) in [7, 11) is 0. The molecule has 0 saturated heterocycles. The van der Waals surface area contributed by atoms with Crippen LogP contribution in [-0.4, -0.2) is 16.1 Å². The lowest BCUT2D eigenvalue weighted by Gasteiger charge is -2.12. The summed E-state index contributed by atoms with van der Waals surface area (Å²) in [5, 5.41) is 4.63. The standard InChI is InChI=1S/C12H16N2O/c15-8-12-10-6-3-7-11(10)13-14(12)9-4-1-2-5-9/h8-9H,1-7H2. The van der Waals surface area contributed by atoms with Crippen molar-refractivity contribution in [1.82, 2.24) is 9.78 Å². The molecule has 2 aliphatic rings. The van der Waals surface area contributed by atoms with E-state index in [0.717, 1.165) is 24.8 Å². The van der Waals surface area contributed by atoms with Crippen LogP contribution in [0.5, 0.6) is 0 Å². The molecule has 0 aliphatic heterocycles. The second kappa shape index (κ2) is 3.47. The van der Waals surface area contributed by atoms with Crippen molar-refractivity contribution in [2.24, 2.45) is 0 Å². The average Bonchev–Trinajstić information content (AvgIpc) is 2.93. The Kier molecular flexibility index (Phi) is 2.11. The molecule has 0 aromatic carbocycles. The van der Waals surface area contributed by atoms with E-state index in [4.69, 9.17) is 0 Å². The Balaban J connectivity index is 2.03. The molecular weight excluding hydrogens is 188 g/mol. The van der Waals surface area contributed by atoms with Crippen molar-refractivity contribution in [2.75, 3.05) is 0 Å². The van der Waals surface area contributed by atoms with Crippen LogP contribution in [0.25, 0.3) is 0 Å². The number of carbonyl (C=O) groups excluding carboxylic acids is 1. The maximum atomic E-state index is 11.1. The van der Waals surface area contributed by atoms with Gasteiger partial charge in [0.2, 0.25) is 0 Å². The third-order valence-corrected chi connectivity index (χ3v) is 3.76. The van der Waals surface area contributed by atoms with Gasteiger partial charge in [-0.05, 0) is 32.1 Å². The molecule has 1 heterocycles. The van der Waals surface area contributed by atoms with Crippen molar-refractivity contribution in [3.8, 4) is 0 Å². The van der Waals surface area contributed by atoms with Crippen molar-refractivity contribution < 1.29 is 4.79 Å². The van der Waals surface area contributed by atoms with Crippen molar-refractivity contribution >= 4 is 6.29 Å². The average molecular weight is 204 g/mol. The smallest absolute Gasteiger partial charge is 0.168 e. The Bertz CT molecular complexity index is 389. The molecule has 80 valence electrons. The van der Waals surface area contributed by atoms with Crippen molar-refractivity contribution in [2.45, 2.75) is 51.0 Å². The fraction of sp³-hybridized carbons (Fsp3) is 0.667. The van der Waals surface area contributed by atoms with E-state index in [1.165, 1.54) is 43.4 Å². The maximum Gasteiger partial charge on any atom is 0.168 e. The largest absolute Gasteiger partial charge is 0.296 e. The van der Waals surface area contributed by atoms with Crippen LogP contribution >= 0.6 is 0 Å². The number of aryl methyl sites for hydroxylation is 1. The second-order valence-electron chi connectivity index (χ2n) is 4.66. The molecule has 0 unspecified atom stereocenters. The van der Waals surface area contributed by atoms with Crippen LogP contribution in [0.15, 0.2) is 0 Å². The maximum absolute atomic E-state index is 11.1. The SMILES string of the molecule is O=Cc1c2c(nn1C1CCCC1)CCC2. The Labute approximate surface area is 89.5 Å². The highest BCUT2D eigenvalue weighted by Crippen LogP contribution is 2.33. The Morgan fingerprint density at radius 1 is 1.20 bits per heavy atom. The van der Waals surface area contributed by atoms with E-state index in [1.54, 1.807) is 0 Å². The zero-order chi connectivity index (χ0) is 10.3. The molecule has 1 aromatic rings. The summed E-state index contributed by atoms with van der Waals surface area (Å²) in [5.41, 5.74) is 3.29. The molecule has 0 bridgehead atoms. The number of nitrogens with zero attached hydrogens (tertiary/aromatic N) is 2. The quantitative estimate of drug-likeness (QED) is 0.693. The van der Waals surface area contributed by atoms with E-state index in [9.17, 15) is 4.79 Å². The van der Waals surface area contributed by atoms with Gasteiger partial charge in [-0.2, -0.15) is 5.10 Å². The highest BCUT2D eigenvalue weighted by Gasteiger charge is 2.26. The molecule has 0 radical (unpaired) electrons. The van der Waals surface area contributed by atoms with Gasteiger partial charge in [0.15, 0.2) is 6.29 Å². The van der Waals surface area contributed by atoms with Crippen LogP contribution in [0.2, 0.25) is 0 Å². The van der Waals surface area contributed by atoms with Crippen LogP contribution in [-0.2, 0) is 12.8 Å². The van der Waals surface area contributed by atoms with Crippen molar-refractivity contribution in [3.63, 3.8) is 0 Å². The number of fused-ring (bicyclic) bond motifs is 1. The van der Waals surface area contributed by atoms with Gasteiger partial charge in [0.25, 0.3) is 0 Å². The molecule has 1 aromatic heterocycles. The summed E-state index contributed by atoms with van der Waals surface area (Å²) in [5.74, 6) is 0. The van der Waals surface area contributed by atoms with Gasteiger partial charge in [-0.15, -0.1) is 0 Å². The molecule has 3 heteroatoms. The monoisotopic (exact) mass is 204 g/mol. The van der Waals surface area contributed by atoms with Gasteiger partial charge in [0, 0.05) is 5.56 Å². The third-order valence-electron chi connectivity index (χ3n) is 3.76. The number of aromatic nitrogens is 2. The molecule has 0 amide bonds. The lowest BCUT2D eigenvalue weighted by molar-refractivity contribution is 0.111. The predicted molar refractivity (Wildman–Crippen MR) is 57.1 cm³/mol. The van der Waals surface area contributed by atoms with Gasteiger partial charge in [-0.25, -0.2) is 0 Å². The van der Waals surface area contributed by atoms with Crippen LogP contribution in [0.4, 0.5) is 0 Å². The van der Waals surface area contributed by atoms with Gasteiger partial charge in [-0.1, -0.05) is 12.8 Å². The first kappa shape index (κ1) is 9.13. The van der Waals surface area contributed by atoms with E-state index in [1.807, 2.05) is 4.68 Å². The normalized spacial score (nSPS) is 20.8. The highest BCUT2D eigenvalue weighted by atomic mass is 16.1. The first-order valence-electron chi connectivity index (χ1n) is 5.95. The lowest BCUT2D eigenvalue weighted by Crippen LogP contribution is -2.11. The minimum atomic E-state index is 0.496. The summed E-state index contributed by atoms with van der Waals surface area (Å²) >= 11 is 0. The summed E-state index contributed by atoms with van der Waals surface area (Å²) < 4.78 is 2.02. The fourth-order valence-electron chi connectivity index (χ4n) is 2.99. The van der Waals surface area contributed by atoms with E-state index >= 15 is 0 Å². The van der Waals surface area contributed by atoms with Gasteiger partial charge in [-0.3, -0.25) is 9.48 Å². The lowest BCUT2D eigenvalue weighted by atomic mass is 10.2. The van der Waals surface area contributed by atoms with E-state index in [-0.39, 0.29) is 0 Å². The summed E-state index contributed by atoms with van der Waals surface area (Å²) in [6, 6.07) is 0.496. The minimum absolute atomic E-state index is 0.496. The molecule has 3 rings (SSSR count). The number of aldehydes is 1. The third kappa shape index (κ3) is 1.33. The molecule has 2 aliphatic carbocycles. The van der Waals surface area contributed by atoms with Crippen LogP contribution in [0.3, 0.4) is 0 Å². The summed E-state index contributed by atoms with van der Waals surface area (Å²) in [6.07, 6.45) is 9.26. The molecule has 0 atom stereocenters. The molecule has 1 fully saturated rings. The Morgan fingerprint density at radius 3 is 2.73 bits per heavy atom. The van der Waals surface area contributed by atoms with Gasteiger partial charge >= 0.3 is 0 Å². The number of hydrogen-bond acceptors (Lipinski definition) is 2. The highest BCUT2D eigenvalue weighted by molar-refractivity contribution is 5.75. The number of hydrogen-bond donors (Lipinski definition) is 0. The van der Waals surface area contributed by atoms with Crippen LogP contribution in [0.1, 0.15) is 59.9 Å². The topological polar surface area (TPSA) is 34.9 Å². The van der Waals surface area contributed by atoms with Crippen LogP contribution < -0.4 is 0 Å². The number of carbonyl (C=O) groups is 1. The van der Waals surface area contributed by atoms with Gasteiger partial charge < -0.3 is 0 Å². The van der Waals surface area contributed by atoms with E-state index < -0.39 is 0 Å². The van der Waals surface area contributed by atoms with Gasteiger partial charge in [0.05, 0.1) is 11.7 Å². The van der Waals surface area contributed by atoms with Crippen molar-refractivity contribution in [1.29, 1.82) is 0 Å². The zero-order valence-corrected chi connectivity index (χ0v) is 8.91. The van der Waals surface area contributed by atoms with Gasteiger partial charge in [0.1, 0.15) is 5.69 Å². The molecular formula is C12H16N2O. The Hall–Kier alpha value is -1.12. The fourth-order valence-corrected chi connectivity index (χ4v) is 2.99. The van der Waals surface area contributed by atoms with Crippen LogP contribution in [0, 0.1) is 0 Å². The van der Waals surface area contributed by atoms with E-state index in [2.05, 4.69) is 5.10 Å². The predicted octanol–water partition coefficient (Wildman–Crippen LogP) is 2.30. The first-order valence-corrected chi connectivity index (χ1v) is 5.95. The zero-order valence-electron chi connectivity index (χ0n) is 8.91. The molecule has 15 heavy (non-hydrogen) atoms. The first-order chi connectivity index (χ1) is 7.40. The van der Waals surface area contributed by atoms with Crippen molar-refractivity contribution in [3.05, 3.63) is 17.0 Å². The number of rotatable bonds is 2. The second-order valence-corrected chi connectivity index (χ2v) is 4.66. The molecule has 1 saturated carbocycles. The Morgan fingerprint density at radius 2 is 2.00 bits per heavy atom. The summed E-state index contributed by atoms with van der Waals surface area (Å²) in [6.45, 7) is 0. The van der Waals surface area contributed by atoms with E-state index in [0.29, 0.717) is 6.04 Å². The summed E-state index contributed by atoms with van der Waals surface area (Å²) in [4.78, 5) is 11.1. The molecule has 0 spiro atoms. The molecule has 3 nitrogen and oxygen atoms in total. The minimum Gasteiger partial charge on any atom is -0.296 e. The molecule has 0 N–H and O–H groups in total.